The van der Waals surface area contributed by atoms with Crippen molar-refractivity contribution in [2.45, 2.75) is 12.7 Å². The molecule has 4 rings (SSSR count). The van der Waals surface area contributed by atoms with Crippen molar-refractivity contribution in [1.29, 1.82) is 0 Å². The molecule has 1 amide bonds. The fourth-order valence-corrected chi connectivity index (χ4v) is 3.43. The summed E-state index contributed by atoms with van der Waals surface area (Å²) in [6, 6.07) is 11.7. The number of hydrogen-bond acceptors (Lipinski definition) is 1. The highest BCUT2D eigenvalue weighted by molar-refractivity contribution is 6.17. The molecule has 1 heterocycles. The van der Waals surface area contributed by atoms with Crippen LogP contribution < -0.4 is 5.73 Å². The van der Waals surface area contributed by atoms with Gasteiger partial charge in [-0.25, -0.2) is 8.78 Å². The van der Waals surface area contributed by atoms with Gasteiger partial charge in [-0.1, -0.05) is 6.07 Å². The molecule has 0 spiro atoms. The molecular formula is C21H12F5N2O. The Balaban J connectivity index is 2.08. The molecule has 4 aromatic rings. The van der Waals surface area contributed by atoms with Crippen LogP contribution in [-0.4, -0.2) is 10.5 Å². The number of hydrogen-bond donors (Lipinski definition) is 1. The number of rotatable bonds is 3. The molecule has 0 aliphatic heterocycles. The number of fused-ring (bicyclic) bond motifs is 3. The molecule has 0 saturated heterocycles. The quantitative estimate of drug-likeness (QED) is 0.479. The summed E-state index contributed by atoms with van der Waals surface area (Å²) in [6.45, 7) is -0.249. The van der Waals surface area contributed by atoms with Crippen molar-refractivity contribution < 1.29 is 26.7 Å². The summed E-state index contributed by atoms with van der Waals surface area (Å²) >= 11 is 0. The molecule has 147 valence electrons. The summed E-state index contributed by atoms with van der Waals surface area (Å²) < 4.78 is 68.9. The highest BCUT2D eigenvalue weighted by Crippen LogP contribution is 2.37. The molecule has 8 heteroatoms. The molecule has 3 aromatic carbocycles. The van der Waals surface area contributed by atoms with Gasteiger partial charge in [-0.2, -0.15) is 13.2 Å². The maximum absolute atomic E-state index is 14.2. The summed E-state index contributed by atoms with van der Waals surface area (Å²) in [6.07, 6.45) is -4.62. The first-order chi connectivity index (χ1) is 13.7. The number of primary amides is 1. The summed E-state index contributed by atoms with van der Waals surface area (Å²) in [5.74, 6) is -2.15. The predicted molar refractivity (Wildman–Crippen MR) is 97.3 cm³/mol. The maximum atomic E-state index is 14.2. The van der Waals surface area contributed by atoms with E-state index in [0.29, 0.717) is 10.9 Å². The summed E-state index contributed by atoms with van der Waals surface area (Å²) in [5, 5.41) is 0.541. The van der Waals surface area contributed by atoms with E-state index in [1.54, 1.807) is 6.07 Å². The lowest BCUT2D eigenvalue weighted by Crippen LogP contribution is -2.11. The van der Waals surface area contributed by atoms with Crippen molar-refractivity contribution in [3.05, 3.63) is 82.9 Å². The Morgan fingerprint density at radius 2 is 1.83 bits per heavy atom. The topological polar surface area (TPSA) is 48.0 Å². The second kappa shape index (κ2) is 6.58. The smallest absolute Gasteiger partial charge is 0.366 e. The average molecular weight is 403 g/mol. The standard InChI is InChI=1S/C21H12F5N2O/c22-13-5-7-16(23)11(8-13)10-28-17-3-1-2-15(20(27)29)19(17)14-6-4-12(9-18(14)28)21(24,25)26/h1-5,7-9H,10H2,(H2,27,29). The van der Waals surface area contributed by atoms with Crippen molar-refractivity contribution in [3.8, 4) is 0 Å². The largest absolute Gasteiger partial charge is 0.416 e. The minimum atomic E-state index is -4.62. The third-order valence-electron chi connectivity index (χ3n) is 4.72. The van der Waals surface area contributed by atoms with Crippen LogP contribution >= 0.6 is 0 Å². The number of carbonyl (C=O) groups is 1. The number of alkyl halides is 3. The van der Waals surface area contributed by atoms with Crippen molar-refractivity contribution in [3.63, 3.8) is 0 Å². The van der Waals surface area contributed by atoms with Crippen molar-refractivity contribution in [2.75, 3.05) is 0 Å². The number of carbonyl (C=O) groups excluding carboxylic acids is 1. The van der Waals surface area contributed by atoms with E-state index >= 15 is 0 Å². The molecule has 2 N–H and O–H groups in total. The SMILES string of the molecule is NC(=O)c1cccc2c1c1[c]cc(C(F)(F)F)cc1n2Cc1cc(F)ccc1F. The van der Waals surface area contributed by atoms with Crippen LogP contribution in [0.15, 0.2) is 48.5 Å². The molecule has 0 unspecified atom stereocenters. The number of amides is 1. The van der Waals surface area contributed by atoms with Crippen LogP contribution in [0.1, 0.15) is 21.5 Å². The zero-order valence-corrected chi connectivity index (χ0v) is 14.6. The third kappa shape index (κ3) is 3.20. The molecule has 0 atom stereocenters. The van der Waals surface area contributed by atoms with Gasteiger partial charge in [-0.05, 0) is 48.5 Å². The Morgan fingerprint density at radius 3 is 2.52 bits per heavy atom. The van der Waals surface area contributed by atoms with E-state index < -0.39 is 29.3 Å². The predicted octanol–water partition coefficient (Wildman–Crippen LogP) is 5.04. The van der Waals surface area contributed by atoms with E-state index in [1.807, 2.05) is 0 Å². The Kier molecular flexibility index (Phi) is 4.29. The third-order valence-corrected chi connectivity index (χ3v) is 4.72. The van der Waals surface area contributed by atoms with Crippen LogP contribution in [0.4, 0.5) is 22.0 Å². The van der Waals surface area contributed by atoms with Crippen LogP contribution in [0.5, 0.6) is 0 Å². The Morgan fingerprint density at radius 1 is 1.07 bits per heavy atom. The molecule has 0 saturated carbocycles. The van der Waals surface area contributed by atoms with Gasteiger partial charge < -0.3 is 10.3 Å². The Bertz CT molecular complexity index is 1270. The van der Waals surface area contributed by atoms with Crippen molar-refractivity contribution in [2.24, 2.45) is 5.73 Å². The van der Waals surface area contributed by atoms with Crippen LogP contribution in [0.2, 0.25) is 0 Å². The number of nitrogens with zero attached hydrogens (tertiary/aromatic N) is 1. The van der Waals surface area contributed by atoms with Gasteiger partial charge in [-0.3, -0.25) is 4.79 Å². The first kappa shape index (κ1) is 18.9. The lowest BCUT2D eigenvalue weighted by molar-refractivity contribution is -0.137. The van der Waals surface area contributed by atoms with Crippen LogP contribution in [0.3, 0.4) is 0 Å². The van der Waals surface area contributed by atoms with Crippen LogP contribution in [0, 0.1) is 17.7 Å². The molecule has 0 aliphatic rings. The molecule has 0 fully saturated rings. The van der Waals surface area contributed by atoms with Gasteiger partial charge in [0.25, 0.3) is 0 Å². The van der Waals surface area contributed by atoms with Gasteiger partial charge in [0.15, 0.2) is 0 Å². The van der Waals surface area contributed by atoms with Gasteiger partial charge in [-0.15, -0.1) is 0 Å². The molecule has 0 bridgehead atoms. The minimum absolute atomic E-state index is 0.0503. The molecule has 1 radical (unpaired) electrons. The zero-order chi connectivity index (χ0) is 20.9. The fraction of sp³-hybridized carbons (Fsp3) is 0.0952. The fourth-order valence-electron chi connectivity index (χ4n) is 3.43. The van der Waals surface area contributed by atoms with Gasteiger partial charge >= 0.3 is 6.18 Å². The van der Waals surface area contributed by atoms with E-state index in [4.69, 9.17) is 5.73 Å². The lowest BCUT2D eigenvalue weighted by atomic mass is 10.0. The normalized spacial score (nSPS) is 12.0. The summed E-state index contributed by atoms with van der Waals surface area (Å²) in [4.78, 5) is 11.9. The first-order valence-electron chi connectivity index (χ1n) is 8.44. The molecule has 3 nitrogen and oxygen atoms in total. The highest BCUT2D eigenvalue weighted by atomic mass is 19.4. The van der Waals surface area contributed by atoms with E-state index in [2.05, 4.69) is 6.07 Å². The Hall–Kier alpha value is -3.42. The molecule has 29 heavy (non-hydrogen) atoms. The van der Waals surface area contributed by atoms with E-state index in [9.17, 15) is 26.7 Å². The molecule has 1 aromatic heterocycles. The number of halogens is 5. The zero-order valence-electron chi connectivity index (χ0n) is 14.6. The van der Waals surface area contributed by atoms with E-state index in [-0.39, 0.29) is 28.6 Å². The lowest BCUT2D eigenvalue weighted by Gasteiger charge is -2.11. The number of benzene rings is 3. The van der Waals surface area contributed by atoms with Crippen molar-refractivity contribution >= 4 is 27.7 Å². The maximum Gasteiger partial charge on any atom is 0.416 e. The second-order valence-corrected chi connectivity index (χ2v) is 6.53. The van der Waals surface area contributed by atoms with E-state index in [1.165, 1.54) is 16.7 Å². The van der Waals surface area contributed by atoms with Gasteiger partial charge in [0, 0.05) is 21.9 Å². The van der Waals surface area contributed by atoms with Crippen LogP contribution in [-0.2, 0) is 12.7 Å². The van der Waals surface area contributed by atoms with Crippen molar-refractivity contribution in [1.82, 2.24) is 4.57 Å². The number of aromatic nitrogens is 1. The van der Waals surface area contributed by atoms with E-state index in [0.717, 1.165) is 30.3 Å². The average Bonchev–Trinajstić information content (AvgIpc) is 2.97. The van der Waals surface area contributed by atoms with Crippen LogP contribution in [0.25, 0.3) is 21.8 Å². The molecule has 0 aliphatic carbocycles. The highest BCUT2D eigenvalue weighted by Gasteiger charge is 2.31. The van der Waals surface area contributed by atoms with Gasteiger partial charge in [0.1, 0.15) is 11.6 Å². The minimum Gasteiger partial charge on any atom is -0.366 e. The van der Waals surface area contributed by atoms with Gasteiger partial charge in [0.2, 0.25) is 5.91 Å². The summed E-state index contributed by atoms with van der Waals surface area (Å²) in [5.41, 5.74) is 4.96. The number of nitrogens with two attached hydrogens (primary N) is 1. The molecular weight excluding hydrogens is 391 g/mol. The Labute approximate surface area is 161 Å². The second-order valence-electron chi connectivity index (χ2n) is 6.53. The van der Waals surface area contributed by atoms with Gasteiger partial charge in [0.05, 0.1) is 23.1 Å². The monoisotopic (exact) mass is 403 g/mol. The summed E-state index contributed by atoms with van der Waals surface area (Å²) in [7, 11) is 0. The first-order valence-corrected chi connectivity index (χ1v) is 8.44.